The van der Waals surface area contributed by atoms with Gasteiger partial charge in [-0.25, -0.2) is 0 Å². The van der Waals surface area contributed by atoms with Gasteiger partial charge in [-0.05, 0) is 25.5 Å². The Hall–Kier alpha value is -1.43. The van der Waals surface area contributed by atoms with Gasteiger partial charge in [-0.3, -0.25) is 9.69 Å². The highest BCUT2D eigenvalue weighted by molar-refractivity contribution is 5.94. The average molecular weight is 304 g/mol. The summed E-state index contributed by atoms with van der Waals surface area (Å²) >= 11 is 0. The van der Waals surface area contributed by atoms with E-state index in [0.717, 1.165) is 31.9 Å². The summed E-state index contributed by atoms with van der Waals surface area (Å²) in [5, 5.41) is 10.8. The van der Waals surface area contributed by atoms with Gasteiger partial charge in [0.1, 0.15) is 0 Å². The maximum absolute atomic E-state index is 12.5. The summed E-state index contributed by atoms with van der Waals surface area (Å²) in [6, 6.07) is 7.61. The molecule has 1 aromatic carbocycles. The molecule has 2 fully saturated rings. The molecular formula is C17H24N2O3. The van der Waals surface area contributed by atoms with Crippen LogP contribution in [0.15, 0.2) is 24.3 Å². The Balaban J connectivity index is 1.60. The smallest absolute Gasteiger partial charge is 0.253 e. The van der Waals surface area contributed by atoms with Gasteiger partial charge in [0.25, 0.3) is 5.91 Å². The number of aryl methyl sites for hydroxylation is 1. The highest BCUT2D eigenvalue weighted by Crippen LogP contribution is 2.24. The zero-order chi connectivity index (χ0) is 15.6. The van der Waals surface area contributed by atoms with Gasteiger partial charge in [-0.1, -0.05) is 17.7 Å². The molecule has 3 rings (SSSR count). The van der Waals surface area contributed by atoms with Crippen molar-refractivity contribution in [1.29, 1.82) is 0 Å². The van der Waals surface area contributed by atoms with Crippen molar-refractivity contribution in [1.82, 2.24) is 9.80 Å². The van der Waals surface area contributed by atoms with Crippen LogP contribution in [0.5, 0.6) is 0 Å². The van der Waals surface area contributed by atoms with Crippen molar-refractivity contribution in [3.63, 3.8) is 0 Å². The minimum absolute atomic E-state index is 0.0119. The molecule has 1 N–H and O–H groups in total. The lowest BCUT2D eigenvalue weighted by Gasteiger charge is -2.33. The standard InChI is InChI=1S/C17H24N2O3/c1-14-2-4-15(5-3-14)16(20)19-7-6-17(21,13-19)12-18-8-10-22-11-9-18/h2-5,21H,6-13H2,1H3. The highest BCUT2D eigenvalue weighted by Gasteiger charge is 2.39. The summed E-state index contributed by atoms with van der Waals surface area (Å²) in [4.78, 5) is 16.5. The lowest BCUT2D eigenvalue weighted by molar-refractivity contribution is -0.0257. The predicted octanol–water partition coefficient (Wildman–Crippen LogP) is 0.904. The molecule has 1 unspecified atom stereocenters. The third-order valence-corrected chi connectivity index (χ3v) is 4.54. The van der Waals surface area contributed by atoms with E-state index in [1.807, 2.05) is 31.2 Å². The summed E-state index contributed by atoms with van der Waals surface area (Å²) in [7, 11) is 0. The lowest BCUT2D eigenvalue weighted by Crippen LogP contribution is -2.49. The SMILES string of the molecule is Cc1ccc(C(=O)N2CCC(O)(CN3CCOCC3)C2)cc1. The number of β-amino-alcohol motifs (C(OH)–C–C–N with tert-alkyl or cyclic N) is 1. The Morgan fingerprint density at radius 3 is 2.59 bits per heavy atom. The molecule has 0 saturated carbocycles. The van der Waals surface area contributed by atoms with Crippen LogP contribution < -0.4 is 0 Å². The van der Waals surface area contributed by atoms with Crippen molar-refractivity contribution in [2.24, 2.45) is 0 Å². The Morgan fingerprint density at radius 1 is 1.23 bits per heavy atom. The number of hydrogen-bond donors (Lipinski definition) is 1. The molecule has 5 heteroatoms. The van der Waals surface area contributed by atoms with Crippen LogP contribution in [-0.2, 0) is 4.74 Å². The third kappa shape index (κ3) is 3.48. The van der Waals surface area contributed by atoms with Gasteiger partial charge < -0.3 is 14.7 Å². The van der Waals surface area contributed by atoms with Crippen LogP contribution in [0.2, 0.25) is 0 Å². The summed E-state index contributed by atoms with van der Waals surface area (Å²) in [6.45, 7) is 6.82. The number of benzene rings is 1. The lowest BCUT2D eigenvalue weighted by atomic mass is 10.0. The zero-order valence-electron chi connectivity index (χ0n) is 13.1. The summed E-state index contributed by atoms with van der Waals surface area (Å²) in [5.74, 6) is 0.0119. The van der Waals surface area contributed by atoms with Crippen LogP contribution in [0.3, 0.4) is 0 Å². The second-order valence-electron chi connectivity index (χ2n) is 6.46. The van der Waals surface area contributed by atoms with E-state index in [9.17, 15) is 9.90 Å². The van der Waals surface area contributed by atoms with Gasteiger partial charge in [-0.2, -0.15) is 0 Å². The first kappa shape index (κ1) is 15.5. The monoisotopic (exact) mass is 304 g/mol. The minimum atomic E-state index is -0.794. The van der Waals surface area contributed by atoms with Crippen LogP contribution in [0.1, 0.15) is 22.3 Å². The number of nitrogens with zero attached hydrogens (tertiary/aromatic N) is 2. The van der Waals surface area contributed by atoms with E-state index >= 15 is 0 Å². The Morgan fingerprint density at radius 2 is 1.91 bits per heavy atom. The molecule has 0 bridgehead atoms. The first-order valence-electron chi connectivity index (χ1n) is 7.94. The fraction of sp³-hybridized carbons (Fsp3) is 0.588. The largest absolute Gasteiger partial charge is 0.387 e. The number of aliphatic hydroxyl groups is 1. The van der Waals surface area contributed by atoms with E-state index in [0.29, 0.717) is 31.6 Å². The molecule has 1 amide bonds. The molecule has 2 aliphatic heterocycles. The number of ether oxygens (including phenoxy) is 1. The number of carbonyl (C=O) groups is 1. The minimum Gasteiger partial charge on any atom is -0.387 e. The van der Waals surface area contributed by atoms with E-state index in [1.165, 1.54) is 0 Å². The number of hydrogen-bond acceptors (Lipinski definition) is 4. The van der Waals surface area contributed by atoms with Gasteiger partial charge in [0.15, 0.2) is 0 Å². The first-order chi connectivity index (χ1) is 10.6. The molecule has 1 atom stereocenters. The van der Waals surface area contributed by atoms with E-state index in [-0.39, 0.29) is 5.91 Å². The summed E-state index contributed by atoms with van der Waals surface area (Å²) < 4.78 is 5.34. The molecule has 120 valence electrons. The molecular weight excluding hydrogens is 280 g/mol. The maximum Gasteiger partial charge on any atom is 0.253 e. The molecule has 22 heavy (non-hydrogen) atoms. The van der Waals surface area contributed by atoms with Gasteiger partial charge in [0.05, 0.1) is 25.4 Å². The van der Waals surface area contributed by atoms with Crippen LogP contribution in [0.25, 0.3) is 0 Å². The number of rotatable bonds is 3. The molecule has 2 aliphatic rings. The van der Waals surface area contributed by atoms with Crippen LogP contribution in [0, 0.1) is 6.92 Å². The van der Waals surface area contributed by atoms with E-state index < -0.39 is 5.60 Å². The normalized spacial score (nSPS) is 26.4. The van der Waals surface area contributed by atoms with Crippen LogP contribution in [-0.4, -0.2) is 72.4 Å². The third-order valence-electron chi connectivity index (χ3n) is 4.54. The van der Waals surface area contributed by atoms with Crippen molar-refractivity contribution in [3.8, 4) is 0 Å². The Bertz CT molecular complexity index is 525. The molecule has 5 nitrogen and oxygen atoms in total. The van der Waals surface area contributed by atoms with E-state index in [2.05, 4.69) is 4.90 Å². The number of carbonyl (C=O) groups excluding carboxylic acids is 1. The molecule has 2 heterocycles. The zero-order valence-corrected chi connectivity index (χ0v) is 13.1. The molecule has 2 saturated heterocycles. The van der Waals surface area contributed by atoms with Gasteiger partial charge in [0.2, 0.25) is 0 Å². The number of likely N-dealkylation sites (tertiary alicyclic amines) is 1. The molecule has 1 aromatic rings. The van der Waals surface area contributed by atoms with Crippen molar-refractivity contribution < 1.29 is 14.6 Å². The molecule has 0 spiro atoms. The van der Waals surface area contributed by atoms with Crippen molar-refractivity contribution in [2.75, 3.05) is 45.9 Å². The van der Waals surface area contributed by atoms with Crippen molar-refractivity contribution in [2.45, 2.75) is 18.9 Å². The van der Waals surface area contributed by atoms with Gasteiger partial charge >= 0.3 is 0 Å². The van der Waals surface area contributed by atoms with Crippen LogP contribution in [0.4, 0.5) is 0 Å². The van der Waals surface area contributed by atoms with Crippen molar-refractivity contribution >= 4 is 5.91 Å². The predicted molar refractivity (Wildman–Crippen MR) is 83.9 cm³/mol. The van der Waals surface area contributed by atoms with Gasteiger partial charge in [-0.15, -0.1) is 0 Å². The average Bonchev–Trinajstić information content (AvgIpc) is 2.90. The first-order valence-corrected chi connectivity index (χ1v) is 7.94. The second kappa shape index (κ2) is 6.36. The van der Waals surface area contributed by atoms with E-state index in [4.69, 9.17) is 4.74 Å². The molecule has 0 radical (unpaired) electrons. The Labute approximate surface area is 131 Å². The number of morpholine rings is 1. The topological polar surface area (TPSA) is 53.0 Å². The summed E-state index contributed by atoms with van der Waals surface area (Å²) in [6.07, 6.45) is 0.641. The molecule has 0 aliphatic carbocycles. The van der Waals surface area contributed by atoms with Gasteiger partial charge in [0, 0.05) is 31.7 Å². The number of amides is 1. The quantitative estimate of drug-likeness (QED) is 0.902. The molecule has 0 aromatic heterocycles. The fourth-order valence-electron chi connectivity index (χ4n) is 3.21. The van der Waals surface area contributed by atoms with E-state index in [1.54, 1.807) is 4.90 Å². The second-order valence-corrected chi connectivity index (χ2v) is 6.46. The fourth-order valence-corrected chi connectivity index (χ4v) is 3.21. The van der Waals surface area contributed by atoms with Crippen LogP contribution >= 0.6 is 0 Å². The van der Waals surface area contributed by atoms with Crippen molar-refractivity contribution in [3.05, 3.63) is 35.4 Å². The maximum atomic E-state index is 12.5. The highest BCUT2D eigenvalue weighted by atomic mass is 16.5. The Kier molecular flexibility index (Phi) is 4.47. The summed E-state index contributed by atoms with van der Waals surface area (Å²) in [5.41, 5.74) is 1.04.